The van der Waals surface area contributed by atoms with Gasteiger partial charge in [-0.15, -0.1) is 0 Å². The van der Waals surface area contributed by atoms with Gasteiger partial charge >= 0.3 is 0 Å². The molecule has 7 nitrogen and oxygen atoms in total. The maximum Gasteiger partial charge on any atom is 0.254 e. The maximum absolute atomic E-state index is 12.6. The Morgan fingerprint density at radius 2 is 1.90 bits per heavy atom. The number of hydrogen-bond donors (Lipinski definition) is 3. The SMILES string of the molecule is CCNC(=NCc1ccc(C(=O)N2CCNC(=O)C2)cc1)NC1CCC(C(C)C)CC1. The average molecular weight is 428 g/mol. The fourth-order valence-electron chi connectivity index (χ4n) is 4.36. The van der Waals surface area contributed by atoms with E-state index in [-0.39, 0.29) is 18.4 Å². The van der Waals surface area contributed by atoms with E-state index in [9.17, 15) is 9.59 Å². The molecule has 2 aliphatic rings. The van der Waals surface area contributed by atoms with Crippen LogP contribution in [-0.4, -0.2) is 54.9 Å². The normalized spacial score (nSPS) is 22.3. The highest BCUT2D eigenvalue weighted by molar-refractivity contribution is 5.97. The van der Waals surface area contributed by atoms with Crippen LogP contribution in [0.4, 0.5) is 0 Å². The third-order valence-corrected chi connectivity index (χ3v) is 6.35. The van der Waals surface area contributed by atoms with Gasteiger partial charge in [0.25, 0.3) is 5.91 Å². The van der Waals surface area contributed by atoms with Crippen molar-refractivity contribution in [2.75, 3.05) is 26.2 Å². The van der Waals surface area contributed by atoms with Crippen molar-refractivity contribution < 1.29 is 9.59 Å². The van der Waals surface area contributed by atoms with Crippen LogP contribution in [-0.2, 0) is 11.3 Å². The quantitative estimate of drug-likeness (QED) is 0.481. The summed E-state index contributed by atoms with van der Waals surface area (Å²) in [5, 5.41) is 9.70. The smallest absolute Gasteiger partial charge is 0.254 e. The Kier molecular flexibility index (Phi) is 8.32. The minimum absolute atomic E-state index is 0.100. The molecule has 1 aromatic rings. The summed E-state index contributed by atoms with van der Waals surface area (Å²) < 4.78 is 0. The average Bonchev–Trinajstić information content (AvgIpc) is 2.78. The highest BCUT2D eigenvalue weighted by atomic mass is 16.2. The molecule has 0 bridgehead atoms. The Balaban J connectivity index is 1.54. The van der Waals surface area contributed by atoms with E-state index in [4.69, 9.17) is 4.99 Å². The Morgan fingerprint density at radius 1 is 1.19 bits per heavy atom. The highest BCUT2D eigenvalue weighted by Crippen LogP contribution is 2.29. The lowest BCUT2D eigenvalue weighted by atomic mass is 9.80. The lowest BCUT2D eigenvalue weighted by molar-refractivity contribution is -0.123. The third-order valence-electron chi connectivity index (χ3n) is 6.35. The molecule has 3 N–H and O–H groups in total. The predicted octanol–water partition coefficient (Wildman–Crippen LogP) is 2.53. The van der Waals surface area contributed by atoms with Gasteiger partial charge in [0.1, 0.15) is 0 Å². The van der Waals surface area contributed by atoms with Crippen molar-refractivity contribution in [1.82, 2.24) is 20.9 Å². The molecule has 1 saturated heterocycles. The summed E-state index contributed by atoms with van der Waals surface area (Å²) in [4.78, 5) is 30.5. The molecule has 2 amide bonds. The fraction of sp³-hybridized carbons (Fsp3) is 0.625. The number of carbonyl (C=O) groups is 2. The zero-order chi connectivity index (χ0) is 22.2. The topological polar surface area (TPSA) is 85.8 Å². The molecule has 0 radical (unpaired) electrons. The van der Waals surface area contributed by atoms with Crippen molar-refractivity contribution in [2.45, 2.75) is 59.0 Å². The van der Waals surface area contributed by atoms with Gasteiger partial charge < -0.3 is 20.9 Å². The summed E-state index contributed by atoms with van der Waals surface area (Å²) >= 11 is 0. The second kappa shape index (κ2) is 11.2. The van der Waals surface area contributed by atoms with Crippen LogP contribution in [0.2, 0.25) is 0 Å². The summed E-state index contributed by atoms with van der Waals surface area (Å²) in [6.45, 7) is 9.29. The van der Waals surface area contributed by atoms with Crippen molar-refractivity contribution >= 4 is 17.8 Å². The van der Waals surface area contributed by atoms with Crippen LogP contribution < -0.4 is 16.0 Å². The number of hydrogen-bond acceptors (Lipinski definition) is 3. The first-order valence-electron chi connectivity index (χ1n) is 11.7. The number of carbonyl (C=O) groups excluding carboxylic acids is 2. The molecular weight excluding hydrogens is 390 g/mol. The molecule has 0 unspecified atom stereocenters. The Labute approximate surface area is 186 Å². The molecule has 1 heterocycles. The fourth-order valence-corrected chi connectivity index (χ4v) is 4.36. The molecule has 7 heteroatoms. The molecule has 170 valence electrons. The van der Waals surface area contributed by atoms with Gasteiger partial charge in [-0.25, -0.2) is 4.99 Å². The number of benzene rings is 1. The molecule has 0 spiro atoms. The monoisotopic (exact) mass is 427 g/mol. The number of amides is 2. The summed E-state index contributed by atoms with van der Waals surface area (Å²) in [5.74, 6) is 2.27. The largest absolute Gasteiger partial charge is 0.357 e. The van der Waals surface area contributed by atoms with Crippen molar-refractivity contribution in [2.24, 2.45) is 16.8 Å². The molecule has 1 aliphatic carbocycles. The standard InChI is InChI=1S/C24H37N5O2/c1-4-25-24(28-21-11-9-19(10-12-21)17(2)3)27-15-18-5-7-20(8-6-18)23(31)29-14-13-26-22(30)16-29/h5-8,17,19,21H,4,9-16H2,1-3H3,(H,26,30)(H2,25,27,28). The molecule has 1 aliphatic heterocycles. The second-order valence-electron chi connectivity index (χ2n) is 8.97. The molecule has 0 aromatic heterocycles. The van der Waals surface area contributed by atoms with Gasteiger partial charge in [-0.3, -0.25) is 9.59 Å². The molecular formula is C24H37N5O2. The highest BCUT2D eigenvalue weighted by Gasteiger charge is 2.24. The van der Waals surface area contributed by atoms with E-state index < -0.39 is 0 Å². The van der Waals surface area contributed by atoms with Gasteiger partial charge in [-0.05, 0) is 62.1 Å². The molecule has 0 atom stereocenters. The first-order chi connectivity index (χ1) is 15.0. The zero-order valence-corrected chi connectivity index (χ0v) is 19.1. The predicted molar refractivity (Wildman–Crippen MR) is 124 cm³/mol. The number of nitrogens with zero attached hydrogens (tertiary/aromatic N) is 2. The van der Waals surface area contributed by atoms with E-state index in [1.807, 2.05) is 24.3 Å². The van der Waals surface area contributed by atoms with Crippen LogP contribution in [0.3, 0.4) is 0 Å². The third kappa shape index (κ3) is 6.71. The van der Waals surface area contributed by atoms with Crippen LogP contribution in [0.5, 0.6) is 0 Å². The zero-order valence-electron chi connectivity index (χ0n) is 19.1. The van der Waals surface area contributed by atoms with Crippen molar-refractivity contribution in [3.63, 3.8) is 0 Å². The number of nitrogens with one attached hydrogen (secondary N) is 3. The van der Waals surface area contributed by atoms with Gasteiger partial charge in [0.2, 0.25) is 5.91 Å². The van der Waals surface area contributed by atoms with Crippen LogP contribution in [0.1, 0.15) is 62.4 Å². The van der Waals surface area contributed by atoms with E-state index in [0.29, 0.717) is 31.2 Å². The van der Waals surface area contributed by atoms with Crippen LogP contribution in [0, 0.1) is 11.8 Å². The van der Waals surface area contributed by atoms with Gasteiger partial charge in [-0.2, -0.15) is 0 Å². The van der Waals surface area contributed by atoms with E-state index in [2.05, 4.69) is 36.7 Å². The second-order valence-corrected chi connectivity index (χ2v) is 8.97. The Bertz CT molecular complexity index is 767. The summed E-state index contributed by atoms with van der Waals surface area (Å²) in [7, 11) is 0. The number of aliphatic imine (C=N–C) groups is 1. The van der Waals surface area contributed by atoms with Crippen molar-refractivity contribution in [1.29, 1.82) is 0 Å². The van der Waals surface area contributed by atoms with Gasteiger partial charge in [0.15, 0.2) is 5.96 Å². The Hall–Kier alpha value is -2.57. The first kappa shape index (κ1) is 23.1. The maximum atomic E-state index is 12.6. The van der Waals surface area contributed by atoms with E-state index in [1.54, 1.807) is 4.90 Å². The van der Waals surface area contributed by atoms with Crippen LogP contribution in [0.15, 0.2) is 29.3 Å². The van der Waals surface area contributed by atoms with Gasteiger partial charge in [0, 0.05) is 31.2 Å². The van der Waals surface area contributed by atoms with Crippen molar-refractivity contribution in [3.05, 3.63) is 35.4 Å². The minimum atomic E-state index is -0.105. The van der Waals surface area contributed by atoms with Crippen LogP contribution >= 0.6 is 0 Å². The first-order valence-corrected chi connectivity index (χ1v) is 11.7. The number of guanidine groups is 1. The number of rotatable bonds is 6. The molecule has 31 heavy (non-hydrogen) atoms. The Morgan fingerprint density at radius 3 is 2.52 bits per heavy atom. The summed E-state index contributed by atoms with van der Waals surface area (Å²) in [6, 6.07) is 8.02. The van der Waals surface area contributed by atoms with Crippen LogP contribution in [0.25, 0.3) is 0 Å². The summed E-state index contributed by atoms with van der Waals surface area (Å²) in [6.07, 6.45) is 4.95. The van der Waals surface area contributed by atoms with Crippen molar-refractivity contribution in [3.8, 4) is 0 Å². The lowest BCUT2D eigenvalue weighted by Crippen LogP contribution is -2.49. The summed E-state index contributed by atoms with van der Waals surface area (Å²) in [5.41, 5.74) is 1.66. The minimum Gasteiger partial charge on any atom is -0.357 e. The molecule has 2 fully saturated rings. The molecule has 1 aromatic carbocycles. The van der Waals surface area contributed by atoms with Gasteiger partial charge in [-0.1, -0.05) is 26.0 Å². The van der Waals surface area contributed by atoms with E-state index in [0.717, 1.165) is 29.9 Å². The van der Waals surface area contributed by atoms with Gasteiger partial charge in [0.05, 0.1) is 13.1 Å². The molecule has 1 saturated carbocycles. The lowest BCUT2D eigenvalue weighted by Gasteiger charge is -2.32. The van der Waals surface area contributed by atoms with E-state index >= 15 is 0 Å². The molecule has 3 rings (SSSR count). The number of piperazine rings is 1. The van der Waals surface area contributed by atoms with E-state index in [1.165, 1.54) is 25.7 Å².